The summed E-state index contributed by atoms with van der Waals surface area (Å²) in [6.45, 7) is 2.55. The Hall–Kier alpha value is -2.69. The molecule has 0 aliphatic carbocycles. The number of hydrogen-bond acceptors (Lipinski definition) is 3. The minimum atomic E-state index is -0.272. The molecule has 0 radical (unpaired) electrons. The smallest absolute Gasteiger partial charge is 0.269 e. The Morgan fingerprint density at radius 1 is 1.10 bits per heavy atom. The quantitative estimate of drug-likeness (QED) is 0.885. The Morgan fingerprint density at radius 2 is 1.86 bits per heavy atom. The standard InChI is InChI=1S/C16H17N3O2/c1-2-9-18-16(21)14-11-12(8-10-17-14)15(20)19-13-6-4-3-5-7-13/h3-8,10-11H,2,9H2,1H3,(H,18,21)(H,19,20). The maximum absolute atomic E-state index is 12.1. The van der Waals surface area contributed by atoms with Crippen LogP contribution in [0.4, 0.5) is 5.69 Å². The third-order valence-electron chi connectivity index (χ3n) is 2.82. The molecule has 2 rings (SSSR count). The Morgan fingerprint density at radius 3 is 2.57 bits per heavy atom. The van der Waals surface area contributed by atoms with E-state index in [0.29, 0.717) is 17.8 Å². The number of para-hydroxylation sites is 1. The predicted octanol–water partition coefficient (Wildman–Crippen LogP) is 2.47. The highest BCUT2D eigenvalue weighted by Crippen LogP contribution is 2.09. The average molecular weight is 283 g/mol. The molecule has 1 heterocycles. The molecule has 5 heteroatoms. The maximum atomic E-state index is 12.1. The molecule has 0 aliphatic rings. The summed E-state index contributed by atoms with van der Waals surface area (Å²) < 4.78 is 0. The summed E-state index contributed by atoms with van der Waals surface area (Å²) in [5.74, 6) is -0.542. The number of rotatable bonds is 5. The predicted molar refractivity (Wildman–Crippen MR) is 81.3 cm³/mol. The van der Waals surface area contributed by atoms with Crippen LogP contribution in [0.25, 0.3) is 0 Å². The number of pyridine rings is 1. The second-order valence-corrected chi connectivity index (χ2v) is 4.51. The van der Waals surface area contributed by atoms with Crippen molar-refractivity contribution in [2.24, 2.45) is 0 Å². The van der Waals surface area contributed by atoms with Crippen molar-refractivity contribution in [1.29, 1.82) is 0 Å². The molecule has 2 amide bonds. The summed E-state index contributed by atoms with van der Waals surface area (Å²) in [5.41, 5.74) is 1.34. The lowest BCUT2D eigenvalue weighted by Crippen LogP contribution is -2.25. The van der Waals surface area contributed by atoms with Crippen LogP contribution in [-0.4, -0.2) is 23.3 Å². The fraction of sp³-hybridized carbons (Fsp3) is 0.188. The van der Waals surface area contributed by atoms with Crippen molar-refractivity contribution in [2.45, 2.75) is 13.3 Å². The molecule has 108 valence electrons. The summed E-state index contributed by atoms with van der Waals surface area (Å²) >= 11 is 0. The molecule has 0 bridgehead atoms. The number of carbonyl (C=O) groups is 2. The molecular formula is C16H17N3O2. The number of nitrogens with zero attached hydrogens (tertiary/aromatic N) is 1. The number of nitrogens with one attached hydrogen (secondary N) is 2. The van der Waals surface area contributed by atoms with Gasteiger partial charge in [-0.25, -0.2) is 0 Å². The molecule has 1 aromatic heterocycles. The van der Waals surface area contributed by atoms with Crippen LogP contribution in [0.2, 0.25) is 0 Å². The van der Waals surface area contributed by atoms with Gasteiger partial charge in [-0.15, -0.1) is 0 Å². The number of benzene rings is 1. The summed E-state index contributed by atoms with van der Waals surface area (Å²) in [4.78, 5) is 28.0. The molecule has 0 spiro atoms. The second kappa shape index (κ2) is 7.19. The molecule has 0 saturated heterocycles. The van der Waals surface area contributed by atoms with E-state index in [0.717, 1.165) is 6.42 Å². The number of aromatic nitrogens is 1. The second-order valence-electron chi connectivity index (χ2n) is 4.51. The van der Waals surface area contributed by atoms with Crippen molar-refractivity contribution in [2.75, 3.05) is 11.9 Å². The summed E-state index contributed by atoms with van der Waals surface area (Å²) in [7, 11) is 0. The highest BCUT2D eigenvalue weighted by Gasteiger charge is 2.11. The van der Waals surface area contributed by atoms with E-state index in [4.69, 9.17) is 0 Å². The van der Waals surface area contributed by atoms with E-state index in [-0.39, 0.29) is 17.5 Å². The van der Waals surface area contributed by atoms with Crippen molar-refractivity contribution in [3.05, 3.63) is 59.9 Å². The summed E-state index contributed by atoms with van der Waals surface area (Å²) in [6.07, 6.45) is 2.31. The first-order valence-electron chi connectivity index (χ1n) is 6.81. The Kier molecular flexibility index (Phi) is 5.04. The van der Waals surface area contributed by atoms with E-state index in [2.05, 4.69) is 15.6 Å². The molecule has 2 aromatic rings. The largest absolute Gasteiger partial charge is 0.351 e. The van der Waals surface area contributed by atoms with Crippen LogP contribution in [-0.2, 0) is 0 Å². The minimum absolute atomic E-state index is 0.240. The van der Waals surface area contributed by atoms with E-state index in [1.165, 1.54) is 12.3 Å². The van der Waals surface area contributed by atoms with Gasteiger partial charge in [0.25, 0.3) is 11.8 Å². The fourth-order valence-electron chi connectivity index (χ4n) is 1.75. The van der Waals surface area contributed by atoms with E-state index in [1.807, 2.05) is 25.1 Å². The number of carbonyl (C=O) groups excluding carboxylic acids is 2. The van der Waals surface area contributed by atoms with Gasteiger partial charge in [0.1, 0.15) is 5.69 Å². The molecule has 0 saturated carbocycles. The average Bonchev–Trinajstić information content (AvgIpc) is 2.53. The summed E-state index contributed by atoms with van der Waals surface area (Å²) in [5, 5.41) is 5.50. The minimum Gasteiger partial charge on any atom is -0.351 e. The van der Waals surface area contributed by atoms with Crippen molar-refractivity contribution in [3.8, 4) is 0 Å². The van der Waals surface area contributed by atoms with Gasteiger partial charge in [0.05, 0.1) is 0 Å². The van der Waals surface area contributed by atoms with Crippen molar-refractivity contribution in [3.63, 3.8) is 0 Å². The van der Waals surface area contributed by atoms with Crippen LogP contribution >= 0.6 is 0 Å². The van der Waals surface area contributed by atoms with E-state index >= 15 is 0 Å². The van der Waals surface area contributed by atoms with Gasteiger partial charge in [-0.1, -0.05) is 25.1 Å². The van der Waals surface area contributed by atoms with Crippen LogP contribution in [0, 0.1) is 0 Å². The highest BCUT2D eigenvalue weighted by molar-refractivity contribution is 6.05. The first-order chi connectivity index (χ1) is 10.2. The van der Waals surface area contributed by atoms with Crippen LogP contribution in [0.15, 0.2) is 48.7 Å². The molecule has 0 aliphatic heterocycles. The first-order valence-corrected chi connectivity index (χ1v) is 6.81. The first kappa shape index (κ1) is 14.7. The monoisotopic (exact) mass is 283 g/mol. The number of amides is 2. The zero-order valence-corrected chi connectivity index (χ0v) is 11.8. The Bertz CT molecular complexity index is 626. The maximum Gasteiger partial charge on any atom is 0.269 e. The van der Waals surface area contributed by atoms with Crippen LogP contribution in [0.1, 0.15) is 34.2 Å². The van der Waals surface area contributed by atoms with Gasteiger partial charge >= 0.3 is 0 Å². The fourth-order valence-corrected chi connectivity index (χ4v) is 1.75. The molecule has 0 atom stereocenters. The highest BCUT2D eigenvalue weighted by atomic mass is 16.2. The molecular weight excluding hydrogens is 266 g/mol. The number of hydrogen-bond donors (Lipinski definition) is 2. The molecule has 21 heavy (non-hydrogen) atoms. The SMILES string of the molecule is CCCNC(=O)c1cc(C(=O)Nc2ccccc2)ccn1. The lowest BCUT2D eigenvalue weighted by molar-refractivity contribution is 0.0948. The molecule has 5 nitrogen and oxygen atoms in total. The van der Waals surface area contributed by atoms with Crippen LogP contribution < -0.4 is 10.6 Å². The number of anilines is 1. The van der Waals surface area contributed by atoms with Gasteiger partial charge in [-0.3, -0.25) is 14.6 Å². The zero-order valence-electron chi connectivity index (χ0n) is 11.8. The van der Waals surface area contributed by atoms with Crippen molar-refractivity contribution >= 4 is 17.5 Å². The van der Waals surface area contributed by atoms with Crippen LogP contribution in [0.5, 0.6) is 0 Å². The van der Waals surface area contributed by atoms with Gasteiger partial charge in [-0.05, 0) is 30.7 Å². The van der Waals surface area contributed by atoms with Gasteiger partial charge in [0, 0.05) is 24.0 Å². The van der Waals surface area contributed by atoms with E-state index in [9.17, 15) is 9.59 Å². The van der Waals surface area contributed by atoms with Gasteiger partial charge in [-0.2, -0.15) is 0 Å². The molecule has 2 N–H and O–H groups in total. The van der Waals surface area contributed by atoms with E-state index in [1.54, 1.807) is 18.2 Å². The summed E-state index contributed by atoms with van der Waals surface area (Å²) in [6, 6.07) is 12.2. The lowest BCUT2D eigenvalue weighted by Gasteiger charge is -2.07. The Balaban J connectivity index is 2.10. The van der Waals surface area contributed by atoms with Gasteiger partial charge in [0.2, 0.25) is 0 Å². The normalized spacial score (nSPS) is 9.95. The van der Waals surface area contributed by atoms with Gasteiger partial charge < -0.3 is 10.6 Å². The van der Waals surface area contributed by atoms with Crippen molar-refractivity contribution < 1.29 is 9.59 Å². The van der Waals surface area contributed by atoms with Crippen LogP contribution in [0.3, 0.4) is 0 Å². The lowest BCUT2D eigenvalue weighted by atomic mass is 10.2. The van der Waals surface area contributed by atoms with E-state index < -0.39 is 0 Å². The van der Waals surface area contributed by atoms with Crippen molar-refractivity contribution in [1.82, 2.24) is 10.3 Å². The third-order valence-corrected chi connectivity index (χ3v) is 2.82. The third kappa shape index (κ3) is 4.14. The molecule has 0 fully saturated rings. The zero-order chi connectivity index (χ0) is 15.1. The molecule has 0 unspecified atom stereocenters. The topological polar surface area (TPSA) is 71.1 Å². The molecule has 1 aromatic carbocycles. The Labute approximate surface area is 123 Å². The van der Waals surface area contributed by atoms with Gasteiger partial charge in [0.15, 0.2) is 0 Å².